The number of hydrogen-bond acceptors (Lipinski definition) is 4. The standard InChI is InChI=1S/C16H19N3O2/c1-4-11(2)19-12(10-17)8-15(18)16(19)21-14-7-5-6-13(9-14)20-3/h5-9,11H,4,18H2,1-3H3. The average molecular weight is 285 g/mol. The summed E-state index contributed by atoms with van der Waals surface area (Å²) in [5.41, 5.74) is 6.95. The fourth-order valence-corrected chi connectivity index (χ4v) is 2.12. The zero-order chi connectivity index (χ0) is 15.4. The Labute approximate surface area is 124 Å². The van der Waals surface area contributed by atoms with Gasteiger partial charge >= 0.3 is 0 Å². The summed E-state index contributed by atoms with van der Waals surface area (Å²) >= 11 is 0. The Bertz CT molecular complexity index is 671. The van der Waals surface area contributed by atoms with Crippen LogP contribution >= 0.6 is 0 Å². The van der Waals surface area contributed by atoms with E-state index in [4.69, 9.17) is 15.2 Å². The lowest BCUT2D eigenvalue weighted by atomic mass is 10.2. The molecule has 1 atom stereocenters. The summed E-state index contributed by atoms with van der Waals surface area (Å²) in [6, 6.07) is 11.2. The lowest BCUT2D eigenvalue weighted by Crippen LogP contribution is -2.08. The lowest BCUT2D eigenvalue weighted by Gasteiger charge is -2.17. The van der Waals surface area contributed by atoms with Gasteiger partial charge in [-0.15, -0.1) is 0 Å². The van der Waals surface area contributed by atoms with Crippen LogP contribution in [0, 0.1) is 11.3 Å². The lowest BCUT2D eigenvalue weighted by molar-refractivity contribution is 0.388. The molecule has 0 aliphatic carbocycles. The number of methoxy groups -OCH3 is 1. The van der Waals surface area contributed by atoms with Gasteiger partial charge in [0, 0.05) is 18.2 Å². The van der Waals surface area contributed by atoms with Crippen molar-refractivity contribution in [2.75, 3.05) is 12.8 Å². The third-order valence-electron chi connectivity index (χ3n) is 3.42. The van der Waals surface area contributed by atoms with Crippen molar-refractivity contribution in [1.29, 1.82) is 5.26 Å². The minimum atomic E-state index is 0.123. The maximum atomic E-state index is 9.25. The van der Waals surface area contributed by atoms with Crippen LogP contribution < -0.4 is 15.2 Å². The van der Waals surface area contributed by atoms with Gasteiger partial charge in [-0.1, -0.05) is 13.0 Å². The van der Waals surface area contributed by atoms with Gasteiger partial charge in [-0.25, -0.2) is 0 Å². The van der Waals surface area contributed by atoms with Crippen LogP contribution in [0.4, 0.5) is 5.69 Å². The van der Waals surface area contributed by atoms with E-state index >= 15 is 0 Å². The van der Waals surface area contributed by atoms with Gasteiger partial charge in [-0.05, 0) is 25.5 Å². The largest absolute Gasteiger partial charge is 0.497 e. The molecule has 0 fully saturated rings. The first-order valence-corrected chi connectivity index (χ1v) is 6.83. The summed E-state index contributed by atoms with van der Waals surface area (Å²) in [4.78, 5) is 0. The van der Waals surface area contributed by atoms with Crippen LogP contribution in [0.1, 0.15) is 32.0 Å². The Kier molecular flexibility index (Phi) is 4.39. The molecule has 0 saturated carbocycles. The van der Waals surface area contributed by atoms with Crippen molar-refractivity contribution in [2.24, 2.45) is 0 Å². The molecule has 0 spiro atoms. The molecule has 5 nitrogen and oxygen atoms in total. The highest BCUT2D eigenvalue weighted by Crippen LogP contribution is 2.35. The third kappa shape index (κ3) is 2.95. The van der Waals surface area contributed by atoms with E-state index in [-0.39, 0.29) is 6.04 Å². The second-order valence-corrected chi connectivity index (χ2v) is 4.81. The summed E-state index contributed by atoms with van der Waals surface area (Å²) < 4.78 is 12.9. The number of hydrogen-bond donors (Lipinski definition) is 1. The second kappa shape index (κ2) is 6.23. The zero-order valence-electron chi connectivity index (χ0n) is 12.5. The molecule has 0 aliphatic heterocycles. The quantitative estimate of drug-likeness (QED) is 0.908. The molecule has 1 heterocycles. The van der Waals surface area contributed by atoms with Crippen molar-refractivity contribution in [3.05, 3.63) is 36.0 Å². The van der Waals surface area contributed by atoms with Gasteiger partial charge in [0.15, 0.2) is 0 Å². The topological polar surface area (TPSA) is 73.2 Å². The van der Waals surface area contributed by atoms with Crippen LogP contribution in [-0.2, 0) is 0 Å². The van der Waals surface area contributed by atoms with E-state index in [1.165, 1.54) is 0 Å². The molecule has 1 unspecified atom stereocenters. The molecular formula is C16H19N3O2. The minimum absolute atomic E-state index is 0.123. The van der Waals surface area contributed by atoms with E-state index in [0.717, 1.165) is 6.42 Å². The van der Waals surface area contributed by atoms with E-state index in [2.05, 4.69) is 13.0 Å². The highest BCUT2D eigenvalue weighted by Gasteiger charge is 2.19. The highest BCUT2D eigenvalue weighted by molar-refractivity contribution is 5.57. The molecule has 0 saturated heterocycles. The van der Waals surface area contributed by atoms with Crippen molar-refractivity contribution in [1.82, 2.24) is 4.57 Å². The number of rotatable bonds is 5. The van der Waals surface area contributed by atoms with E-state index in [9.17, 15) is 5.26 Å². The van der Waals surface area contributed by atoms with E-state index in [0.29, 0.717) is 28.8 Å². The Morgan fingerprint density at radius 2 is 2.05 bits per heavy atom. The number of nitrogens with two attached hydrogens (primary N) is 1. The molecule has 2 N–H and O–H groups in total. The molecule has 110 valence electrons. The Hall–Kier alpha value is -2.61. The van der Waals surface area contributed by atoms with Gasteiger partial charge in [0.25, 0.3) is 0 Å². The Morgan fingerprint density at radius 1 is 1.33 bits per heavy atom. The molecule has 0 aliphatic rings. The van der Waals surface area contributed by atoms with E-state index in [1.807, 2.05) is 29.7 Å². The van der Waals surface area contributed by atoms with Gasteiger partial charge in [0.2, 0.25) is 5.88 Å². The number of aromatic nitrogens is 1. The molecule has 0 amide bonds. The Balaban J connectivity index is 2.43. The maximum absolute atomic E-state index is 9.25. The highest BCUT2D eigenvalue weighted by atomic mass is 16.5. The van der Waals surface area contributed by atoms with Crippen LogP contribution in [-0.4, -0.2) is 11.7 Å². The average Bonchev–Trinajstić information content (AvgIpc) is 2.83. The van der Waals surface area contributed by atoms with Gasteiger partial charge in [0.1, 0.15) is 23.3 Å². The number of ether oxygens (including phenoxy) is 2. The SMILES string of the molecule is CCC(C)n1c(C#N)cc(N)c1Oc1cccc(OC)c1. The minimum Gasteiger partial charge on any atom is -0.497 e. The van der Waals surface area contributed by atoms with Crippen molar-refractivity contribution in [3.63, 3.8) is 0 Å². The van der Waals surface area contributed by atoms with Crippen LogP contribution in [0.3, 0.4) is 0 Å². The molecule has 21 heavy (non-hydrogen) atoms. The number of nitrogen functional groups attached to an aromatic ring is 1. The van der Waals surface area contributed by atoms with Crippen LogP contribution in [0.25, 0.3) is 0 Å². The number of anilines is 1. The summed E-state index contributed by atoms with van der Waals surface area (Å²) in [5, 5.41) is 9.25. The predicted octanol–water partition coefficient (Wildman–Crippen LogP) is 3.71. The van der Waals surface area contributed by atoms with Crippen molar-refractivity contribution in [3.8, 4) is 23.4 Å². The molecule has 1 aromatic heterocycles. The monoisotopic (exact) mass is 285 g/mol. The summed E-state index contributed by atoms with van der Waals surface area (Å²) in [5.74, 6) is 1.82. The first kappa shape index (κ1) is 14.8. The fourth-order valence-electron chi connectivity index (χ4n) is 2.12. The van der Waals surface area contributed by atoms with Gasteiger partial charge in [-0.2, -0.15) is 5.26 Å². The van der Waals surface area contributed by atoms with E-state index < -0.39 is 0 Å². The van der Waals surface area contributed by atoms with Gasteiger partial charge < -0.3 is 15.2 Å². The maximum Gasteiger partial charge on any atom is 0.224 e. The zero-order valence-corrected chi connectivity index (χ0v) is 12.5. The smallest absolute Gasteiger partial charge is 0.224 e. The van der Waals surface area contributed by atoms with Crippen molar-refractivity contribution in [2.45, 2.75) is 26.3 Å². The summed E-state index contributed by atoms with van der Waals surface area (Å²) in [6.45, 7) is 4.08. The van der Waals surface area contributed by atoms with Gasteiger partial charge in [0.05, 0.1) is 12.8 Å². The molecule has 2 aromatic rings. The molecule has 1 aromatic carbocycles. The first-order valence-electron chi connectivity index (χ1n) is 6.83. The fraction of sp³-hybridized carbons (Fsp3) is 0.312. The first-order chi connectivity index (χ1) is 10.1. The predicted molar refractivity (Wildman–Crippen MR) is 81.6 cm³/mol. The van der Waals surface area contributed by atoms with Crippen molar-refractivity contribution >= 4 is 5.69 Å². The van der Waals surface area contributed by atoms with Crippen molar-refractivity contribution < 1.29 is 9.47 Å². The molecule has 2 rings (SSSR count). The number of nitrogens with zero attached hydrogens (tertiary/aromatic N) is 2. The molecular weight excluding hydrogens is 266 g/mol. The molecule has 0 radical (unpaired) electrons. The summed E-state index contributed by atoms with van der Waals surface area (Å²) in [7, 11) is 1.60. The Morgan fingerprint density at radius 3 is 2.67 bits per heavy atom. The van der Waals surface area contributed by atoms with Crippen LogP contribution in [0.2, 0.25) is 0 Å². The van der Waals surface area contributed by atoms with E-state index in [1.54, 1.807) is 19.2 Å². The number of benzene rings is 1. The molecule has 0 bridgehead atoms. The number of nitriles is 1. The second-order valence-electron chi connectivity index (χ2n) is 4.81. The van der Waals surface area contributed by atoms with Gasteiger partial charge in [-0.3, -0.25) is 4.57 Å². The third-order valence-corrected chi connectivity index (χ3v) is 3.42. The van der Waals surface area contributed by atoms with Crippen LogP contribution in [0.15, 0.2) is 30.3 Å². The normalized spacial score (nSPS) is 11.7. The molecule has 5 heteroatoms. The van der Waals surface area contributed by atoms with Crippen LogP contribution in [0.5, 0.6) is 17.4 Å². The summed E-state index contributed by atoms with van der Waals surface area (Å²) in [6.07, 6.45) is 0.872.